The molecule has 6 aliphatic rings. The monoisotopic (exact) mass is 552 g/mol. The van der Waals surface area contributed by atoms with Gasteiger partial charge in [-0.15, -0.1) is 0 Å². The quantitative estimate of drug-likeness (QED) is 0.357. The number of ether oxygens (including phenoxy) is 1. The fourth-order valence-electron chi connectivity index (χ4n) is 8.81. The summed E-state index contributed by atoms with van der Waals surface area (Å²) >= 11 is 0. The molecular formula is C32H52N6O2. The number of rotatable bonds is 5. The first-order valence-corrected chi connectivity index (χ1v) is 16.3. The van der Waals surface area contributed by atoms with Gasteiger partial charge in [0.15, 0.2) is 0 Å². The van der Waals surface area contributed by atoms with E-state index in [2.05, 4.69) is 45.9 Å². The van der Waals surface area contributed by atoms with Gasteiger partial charge in [0.05, 0.1) is 30.6 Å². The van der Waals surface area contributed by atoms with Crippen molar-refractivity contribution in [2.45, 2.75) is 107 Å². The number of carbonyl (C=O) groups is 1. The minimum atomic E-state index is 0.0137. The van der Waals surface area contributed by atoms with Gasteiger partial charge >= 0.3 is 0 Å². The van der Waals surface area contributed by atoms with Gasteiger partial charge in [0.25, 0.3) is 0 Å². The number of nitrogens with two attached hydrogens (primary N) is 1. The van der Waals surface area contributed by atoms with E-state index in [4.69, 9.17) is 10.5 Å². The van der Waals surface area contributed by atoms with Gasteiger partial charge in [-0.25, -0.2) is 0 Å². The topological polar surface area (TPSA) is 86.1 Å². The highest BCUT2D eigenvalue weighted by Crippen LogP contribution is 2.45. The SMILES string of the molecule is C=CC(=O)N1CCC(N2CC(C#CC3C(C4CCC(OC5CCCCC5)CC4)C4C(N)NCNC4N3C)C2)CC1. The van der Waals surface area contributed by atoms with Crippen LogP contribution in [0.2, 0.25) is 0 Å². The number of hydrogen-bond acceptors (Lipinski definition) is 7. The number of likely N-dealkylation sites (tertiary alicyclic amines) is 3. The predicted octanol–water partition coefficient (Wildman–Crippen LogP) is 2.31. The molecule has 40 heavy (non-hydrogen) atoms. The van der Waals surface area contributed by atoms with Crippen molar-refractivity contribution in [3.63, 3.8) is 0 Å². The molecular weight excluding hydrogens is 500 g/mol. The summed E-state index contributed by atoms with van der Waals surface area (Å²) in [4.78, 5) is 18.9. The van der Waals surface area contributed by atoms with Gasteiger partial charge < -0.3 is 15.4 Å². The third kappa shape index (κ3) is 6.02. The summed E-state index contributed by atoms with van der Waals surface area (Å²) < 4.78 is 6.59. The Balaban J connectivity index is 1.06. The van der Waals surface area contributed by atoms with E-state index in [0.29, 0.717) is 41.9 Å². The smallest absolute Gasteiger partial charge is 0.245 e. The van der Waals surface area contributed by atoms with E-state index >= 15 is 0 Å². The molecule has 4 N–H and O–H groups in total. The Labute approximate surface area is 241 Å². The van der Waals surface area contributed by atoms with Gasteiger partial charge in [0, 0.05) is 50.7 Å². The van der Waals surface area contributed by atoms with Crippen molar-refractivity contribution in [1.29, 1.82) is 0 Å². The maximum atomic E-state index is 11.9. The standard InChI is InChI=1S/C32H52N6O2/c1-3-28(39)37-17-15-24(16-18-37)38-19-22(20-38)9-14-27-29(30-31(33)34-21-35-32(30)36(27)2)23-10-12-26(13-11-23)40-25-7-5-4-6-8-25/h3,22-27,29-32,34-35H,1,4-8,10-13,15-21,33H2,2H3. The lowest BCUT2D eigenvalue weighted by Gasteiger charge is -2.45. The molecule has 4 saturated heterocycles. The molecule has 0 aromatic heterocycles. The number of nitrogens with zero attached hydrogens (tertiary/aromatic N) is 3. The van der Waals surface area contributed by atoms with Crippen molar-refractivity contribution in [1.82, 2.24) is 25.3 Å². The Bertz CT molecular complexity index is 937. The number of piperidine rings is 1. The summed E-state index contributed by atoms with van der Waals surface area (Å²) in [6.07, 6.45) is 16.2. The second-order valence-electron chi connectivity index (χ2n) is 13.5. The Hall–Kier alpha value is -1.47. The molecule has 8 nitrogen and oxygen atoms in total. The Morgan fingerprint density at radius 1 is 0.925 bits per heavy atom. The number of hydrogen-bond donors (Lipinski definition) is 3. The van der Waals surface area contributed by atoms with Gasteiger partial charge in [0.2, 0.25) is 5.91 Å². The zero-order chi connectivity index (χ0) is 27.6. The van der Waals surface area contributed by atoms with Crippen molar-refractivity contribution in [3.05, 3.63) is 12.7 Å². The molecule has 5 unspecified atom stereocenters. The molecule has 6 rings (SSSR count). The van der Waals surface area contributed by atoms with Crippen molar-refractivity contribution < 1.29 is 9.53 Å². The lowest BCUT2D eigenvalue weighted by molar-refractivity contribution is -0.127. The summed E-state index contributed by atoms with van der Waals surface area (Å²) in [6.45, 7) is 8.20. The van der Waals surface area contributed by atoms with Crippen LogP contribution in [0.5, 0.6) is 0 Å². The van der Waals surface area contributed by atoms with Crippen LogP contribution < -0.4 is 16.4 Å². The van der Waals surface area contributed by atoms with E-state index in [1.54, 1.807) is 0 Å². The van der Waals surface area contributed by atoms with E-state index in [1.807, 2.05) is 4.90 Å². The highest BCUT2D eigenvalue weighted by molar-refractivity contribution is 5.87. The van der Waals surface area contributed by atoms with Crippen LogP contribution in [0.4, 0.5) is 0 Å². The minimum Gasteiger partial charge on any atom is -0.375 e. The largest absolute Gasteiger partial charge is 0.375 e. The highest BCUT2D eigenvalue weighted by atomic mass is 16.5. The van der Waals surface area contributed by atoms with Crippen molar-refractivity contribution in [2.24, 2.45) is 29.4 Å². The van der Waals surface area contributed by atoms with E-state index in [0.717, 1.165) is 45.7 Å². The van der Waals surface area contributed by atoms with E-state index in [9.17, 15) is 4.79 Å². The summed E-state index contributed by atoms with van der Waals surface area (Å²) in [5.41, 5.74) is 6.74. The third-order valence-electron chi connectivity index (χ3n) is 11.1. The van der Waals surface area contributed by atoms with Crippen LogP contribution in [0.15, 0.2) is 12.7 Å². The first kappa shape index (κ1) is 28.6. The molecule has 0 bridgehead atoms. The fraction of sp³-hybridized carbons (Fsp3) is 0.844. The molecule has 2 saturated carbocycles. The Kier molecular flexibility index (Phi) is 9.17. The van der Waals surface area contributed by atoms with Crippen LogP contribution >= 0.6 is 0 Å². The second-order valence-corrected chi connectivity index (χ2v) is 13.5. The fourth-order valence-corrected chi connectivity index (χ4v) is 8.81. The number of fused-ring (bicyclic) bond motifs is 1. The second kappa shape index (κ2) is 12.8. The van der Waals surface area contributed by atoms with Gasteiger partial charge in [-0.2, -0.15) is 0 Å². The lowest BCUT2D eigenvalue weighted by atomic mass is 9.70. The van der Waals surface area contributed by atoms with Gasteiger partial charge in [0.1, 0.15) is 0 Å². The lowest BCUT2D eigenvalue weighted by Crippen LogP contribution is -2.63. The molecule has 4 aliphatic heterocycles. The summed E-state index contributed by atoms with van der Waals surface area (Å²) in [7, 11) is 2.26. The van der Waals surface area contributed by atoms with Crippen molar-refractivity contribution in [2.75, 3.05) is 39.9 Å². The Morgan fingerprint density at radius 2 is 1.62 bits per heavy atom. The molecule has 0 spiro atoms. The van der Waals surface area contributed by atoms with E-state index in [1.165, 1.54) is 63.9 Å². The molecule has 222 valence electrons. The average Bonchev–Trinajstić information content (AvgIpc) is 3.25. The summed E-state index contributed by atoms with van der Waals surface area (Å²) in [6, 6.07) is 0.826. The van der Waals surface area contributed by atoms with Crippen LogP contribution in [0.1, 0.15) is 70.6 Å². The summed E-state index contributed by atoms with van der Waals surface area (Å²) in [5, 5.41) is 7.20. The number of nitrogens with one attached hydrogen (secondary N) is 2. The van der Waals surface area contributed by atoms with Gasteiger partial charge in [-0.1, -0.05) is 37.7 Å². The third-order valence-corrected chi connectivity index (χ3v) is 11.1. The van der Waals surface area contributed by atoms with Gasteiger partial charge in [-0.05, 0) is 76.3 Å². The molecule has 8 heteroatoms. The normalized spacial score (nSPS) is 38.8. The van der Waals surface area contributed by atoms with Crippen LogP contribution in [0, 0.1) is 35.5 Å². The molecule has 0 aromatic carbocycles. The summed E-state index contributed by atoms with van der Waals surface area (Å²) in [5.74, 6) is 9.57. The molecule has 5 atom stereocenters. The first-order chi connectivity index (χ1) is 19.5. The van der Waals surface area contributed by atoms with Crippen molar-refractivity contribution in [3.8, 4) is 11.8 Å². The van der Waals surface area contributed by atoms with Crippen LogP contribution in [0.3, 0.4) is 0 Å². The molecule has 4 heterocycles. The number of amides is 1. The van der Waals surface area contributed by atoms with Crippen LogP contribution in [-0.2, 0) is 9.53 Å². The van der Waals surface area contributed by atoms with Gasteiger partial charge in [-0.3, -0.25) is 25.2 Å². The highest BCUT2D eigenvalue weighted by Gasteiger charge is 2.53. The minimum absolute atomic E-state index is 0.0137. The zero-order valence-electron chi connectivity index (χ0n) is 24.6. The molecule has 6 fully saturated rings. The van der Waals surface area contributed by atoms with E-state index in [-0.39, 0.29) is 24.3 Å². The molecule has 0 aromatic rings. The average molecular weight is 553 g/mol. The molecule has 2 aliphatic carbocycles. The predicted molar refractivity (Wildman–Crippen MR) is 158 cm³/mol. The molecule has 1 amide bonds. The van der Waals surface area contributed by atoms with Crippen LogP contribution in [0.25, 0.3) is 0 Å². The first-order valence-electron chi connectivity index (χ1n) is 16.3. The molecule has 0 radical (unpaired) electrons. The van der Waals surface area contributed by atoms with Crippen molar-refractivity contribution >= 4 is 5.91 Å². The van der Waals surface area contributed by atoms with E-state index < -0.39 is 0 Å². The maximum Gasteiger partial charge on any atom is 0.245 e. The Morgan fingerprint density at radius 3 is 2.33 bits per heavy atom. The number of carbonyl (C=O) groups excluding carboxylic acids is 1. The van der Waals surface area contributed by atoms with Crippen LogP contribution in [-0.4, -0.2) is 97.1 Å². The maximum absolute atomic E-state index is 11.9. The zero-order valence-corrected chi connectivity index (χ0v) is 24.6.